The highest BCUT2D eigenvalue weighted by Crippen LogP contribution is 2.31. The monoisotopic (exact) mass is 236 g/mol. The van der Waals surface area contributed by atoms with Crippen molar-refractivity contribution in [3.8, 4) is 0 Å². The summed E-state index contributed by atoms with van der Waals surface area (Å²) < 4.78 is 0. The van der Waals surface area contributed by atoms with E-state index in [9.17, 15) is 9.59 Å². The number of anilines is 1. The quantitative estimate of drug-likeness (QED) is 0.782. The number of carbonyl (C=O) groups is 2. The van der Waals surface area contributed by atoms with E-state index in [4.69, 9.17) is 5.11 Å². The maximum atomic E-state index is 11.8. The molecule has 90 valence electrons. The molecule has 2 N–H and O–H groups in total. The Morgan fingerprint density at radius 3 is 2.65 bits per heavy atom. The van der Waals surface area contributed by atoms with Crippen LogP contribution in [0.15, 0.2) is 12.4 Å². The van der Waals surface area contributed by atoms with Gasteiger partial charge in [-0.25, -0.2) is 4.98 Å². The second kappa shape index (κ2) is 4.86. The third-order valence-corrected chi connectivity index (χ3v) is 2.87. The average Bonchev–Trinajstić information content (AvgIpc) is 2.79. The molecule has 0 radical (unpaired) electrons. The molecule has 7 heteroatoms. The molecular weight excluding hydrogens is 224 g/mol. The van der Waals surface area contributed by atoms with E-state index in [2.05, 4.69) is 20.5 Å². The normalized spacial score (nSPS) is 23.3. The van der Waals surface area contributed by atoms with Crippen molar-refractivity contribution in [1.29, 1.82) is 0 Å². The van der Waals surface area contributed by atoms with E-state index >= 15 is 0 Å². The summed E-state index contributed by atoms with van der Waals surface area (Å²) in [5, 5.41) is 18.6. The molecular formula is C10H12N4O3. The molecule has 1 heterocycles. The highest BCUT2D eigenvalue weighted by molar-refractivity contribution is 5.91. The van der Waals surface area contributed by atoms with Crippen molar-refractivity contribution in [3.63, 3.8) is 0 Å². The SMILES string of the molecule is O=C(O)C1CCC(C(=O)Nc2nccnn2)C1. The lowest BCUT2D eigenvalue weighted by Gasteiger charge is -2.08. The van der Waals surface area contributed by atoms with Gasteiger partial charge in [0.25, 0.3) is 0 Å². The molecule has 2 rings (SSSR count). The molecule has 1 fully saturated rings. The smallest absolute Gasteiger partial charge is 0.306 e. The fourth-order valence-electron chi connectivity index (χ4n) is 1.96. The molecule has 17 heavy (non-hydrogen) atoms. The van der Waals surface area contributed by atoms with Crippen molar-refractivity contribution in [2.24, 2.45) is 11.8 Å². The third-order valence-electron chi connectivity index (χ3n) is 2.87. The van der Waals surface area contributed by atoms with E-state index in [-0.39, 0.29) is 17.8 Å². The van der Waals surface area contributed by atoms with Gasteiger partial charge in [-0.3, -0.25) is 14.9 Å². The Hall–Kier alpha value is -2.05. The molecule has 1 saturated carbocycles. The Bertz CT molecular complexity index is 423. The molecule has 0 saturated heterocycles. The average molecular weight is 236 g/mol. The number of hydrogen-bond donors (Lipinski definition) is 2. The summed E-state index contributed by atoms with van der Waals surface area (Å²) in [6, 6.07) is 0. The molecule has 0 aromatic carbocycles. The first-order valence-corrected chi connectivity index (χ1v) is 5.34. The number of aromatic nitrogens is 3. The van der Waals surface area contributed by atoms with Crippen LogP contribution in [0.4, 0.5) is 5.95 Å². The Morgan fingerprint density at radius 2 is 2.06 bits per heavy atom. The van der Waals surface area contributed by atoms with Crippen LogP contribution in [0.5, 0.6) is 0 Å². The van der Waals surface area contributed by atoms with Gasteiger partial charge in [-0.05, 0) is 19.3 Å². The van der Waals surface area contributed by atoms with Gasteiger partial charge in [0, 0.05) is 5.92 Å². The van der Waals surface area contributed by atoms with Crippen molar-refractivity contribution in [2.75, 3.05) is 5.32 Å². The summed E-state index contributed by atoms with van der Waals surface area (Å²) >= 11 is 0. The van der Waals surface area contributed by atoms with E-state index in [0.717, 1.165) is 0 Å². The van der Waals surface area contributed by atoms with E-state index in [1.165, 1.54) is 12.4 Å². The van der Waals surface area contributed by atoms with Crippen molar-refractivity contribution >= 4 is 17.8 Å². The van der Waals surface area contributed by atoms with Crippen LogP contribution in [0.2, 0.25) is 0 Å². The molecule has 1 aromatic heterocycles. The highest BCUT2D eigenvalue weighted by atomic mass is 16.4. The molecule has 0 aliphatic heterocycles. The lowest BCUT2D eigenvalue weighted by atomic mass is 10.0. The minimum absolute atomic E-state index is 0.149. The number of aliphatic carboxylic acids is 1. The predicted octanol–water partition coefficient (Wildman–Crippen LogP) is 0.311. The molecule has 1 aliphatic carbocycles. The van der Waals surface area contributed by atoms with Gasteiger partial charge in [0.15, 0.2) is 0 Å². The number of carbonyl (C=O) groups excluding carboxylic acids is 1. The minimum Gasteiger partial charge on any atom is -0.481 e. The Balaban J connectivity index is 1.92. The summed E-state index contributed by atoms with van der Waals surface area (Å²) in [7, 11) is 0. The van der Waals surface area contributed by atoms with Gasteiger partial charge in [-0.15, -0.1) is 5.10 Å². The van der Waals surface area contributed by atoms with Crippen molar-refractivity contribution < 1.29 is 14.7 Å². The number of rotatable bonds is 3. The first kappa shape index (κ1) is 11.4. The summed E-state index contributed by atoms with van der Waals surface area (Å²) in [5.41, 5.74) is 0. The maximum Gasteiger partial charge on any atom is 0.306 e. The Labute approximate surface area is 97.3 Å². The van der Waals surface area contributed by atoms with Crippen LogP contribution >= 0.6 is 0 Å². The lowest BCUT2D eigenvalue weighted by molar-refractivity contribution is -0.141. The molecule has 2 atom stereocenters. The van der Waals surface area contributed by atoms with Gasteiger partial charge in [-0.2, -0.15) is 5.10 Å². The summed E-state index contributed by atoms with van der Waals surface area (Å²) in [6.07, 6.45) is 4.34. The van der Waals surface area contributed by atoms with Crippen molar-refractivity contribution in [1.82, 2.24) is 15.2 Å². The number of carboxylic acids is 1. The number of carboxylic acid groups (broad SMARTS) is 1. The first-order chi connectivity index (χ1) is 8.16. The number of nitrogens with zero attached hydrogens (tertiary/aromatic N) is 3. The van der Waals surface area contributed by atoms with Crippen LogP contribution in [0.3, 0.4) is 0 Å². The summed E-state index contributed by atoms with van der Waals surface area (Å²) in [4.78, 5) is 26.4. The van der Waals surface area contributed by atoms with E-state index in [0.29, 0.717) is 19.3 Å². The van der Waals surface area contributed by atoms with Crippen LogP contribution < -0.4 is 5.32 Å². The van der Waals surface area contributed by atoms with Crippen LogP contribution in [0.1, 0.15) is 19.3 Å². The lowest BCUT2D eigenvalue weighted by Crippen LogP contribution is -2.23. The molecule has 0 bridgehead atoms. The van der Waals surface area contributed by atoms with Gasteiger partial charge in [-0.1, -0.05) is 0 Å². The molecule has 1 amide bonds. The zero-order valence-corrected chi connectivity index (χ0v) is 9.04. The molecule has 2 unspecified atom stereocenters. The Kier molecular flexibility index (Phi) is 3.27. The van der Waals surface area contributed by atoms with Crippen LogP contribution in [-0.2, 0) is 9.59 Å². The number of amides is 1. The fourth-order valence-corrected chi connectivity index (χ4v) is 1.96. The topological polar surface area (TPSA) is 105 Å². The number of hydrogen-bond acceptors (Lipinski definition) is 5. The van der Waals surface area contributed by atoms with Crippen molar-refractivity contribution in [2.45, 2.75) is 19.3 Å². The molecule has 0 spiro atoms. The standard InChI is InChI=1S/C10H12N4O3/c15-8(13-10-11-3-4-12-14-10)6-1-2-7(5-6)9(16)17/h3-4,6-7H,1-2,5H2,(H,16,17)(H,11,13,14,15). The zero-order chi connectivity index (χ0) is 12.3. The molecule has 1 aliphatic rings. The third kappa shape index (κ3) is 2.74. The van der Waals surface area contributed by atoms with E-state index in [1.54, 1.807) is 0 Å². The van der Waals surface area contributed by atoms with Gasteiger partial charge in [0.2, 0.25) is 11.9 Å². The van der Waals surface area contributed by atoms with Crippen LogP contribution in [-0.4, -0.2) is 32.2 Å². The van der Waals surface area contributed by atoms with Gasteiger partial charge < -0.3 is 5.11 Å². The summed E-state index contributed by atoms with van der Waals surface area (Å²) in [5.74, 6) is -1.61. The van der Waals surface area contributed by atoms with Gasteiger partial charge in [0.05, 0.1) is 18.3 Å². The molecule has 1 aromatic rings. The largest absolute Gasteiger partial charge is 0.481 e. The van der Waals surface area contributed by atoms with Crippen LogP contribution in [0, 0.1) is 11.8 Å². The number of nitrogens with one attached hydrogen (secondary N) is 1. The van der Waals surface area contributed by atoms with E-state index < -0.39 is 11.9 Å². The second-order valence-electron chi connectivity index (χ2n) is 4.00. The van der Waals surface area contributed by atoms with Gasteiger partial charge in [0.1, 0.15) is 0 Å². The fraction of sp³-hybridized carbons (Fsp3) is 0.500. The minimum atomic E-state index is -0.835. The highest BCUT2D eigenvalue weighted by Gasteiger charge is 2.34. The second-order valence-corrected chi connectivity index (χ2v) is 4.00. The predicted molar refractivity (Wildman–Crippen MR) is 56.9 cm³/mol. The van der Waals surface area contributed by atoms with Crippen molar-refractivity contribution in [3.05, 3.63) is 12.4 Å². The summed E-state index contributed by atoms with van der Waals surface area (Å²) in [6.45, 7) is 0. The molecule has 7 nitrogen and oxygen atoms in total. The van der Waals surface area contributed by atoms with Crippen LogP contribution in [0.25, 0.3) is 0 Å². The van der Waals surface area contributed by atoms with E-state index in [1.807, 2.05) is 0 Å². The Morgan fingerprint density at radius 1 is 1.29 bits per heavy atom. The maximum absolute atomic E-state index is 11.8. The zero-order valence-electron chi connectivity index (χ0n) is 9.04. The first-order valence-electron chi connectivity index (χ1n) is 5.34. The van der Waals surface area contributed by atoms with Gasteiger partial charge >= 0.3 is 5.97 Å².